The molecule has 0 unspecified atom stereocenters. The predicted octanol–water partition coefficient (Wildman–Crippen LogP) is 3.59. The molecule has 0 aromatic heterocycles. The van der Waals surface area contributed by atoms with Crippen LogP contribution in [0, 0.1) is 6.92 Å². The third-order valence-electron chi connectivity index (χ3n) is 5.17. The quantitative estimate of drug-likeness (QED) is 0.495. The minimum absolute atomic E-state index is 0.339. The van der Waals surface area contributed by atoms with Gasteiger partial charge in [-0.3, -0.25) is 0 Å². The number of aryl methyl sites for hydroxylation is 1. The van der Waals surface area contributed by atoms with Crippen molar-refractivity contribution in [2.45, 2.75) is 57.2 Å². The second-order valence-electron chi connectivity index (χ2n) is 7.70. The van der Waals surface area contributed by atoms with Crippen LogP contribution in [-0.4, -0.2) is 33.3 Å². The van der Waals surface area contributed by atoms with E-state index < -0.39 is 9.84 Å². The molecule has 0 amide bonds. The number of para-hydroxylation sites is 1. The molecule has 0 spiro atoms. The lowest BCUT2D eigenvalue weighted by molar-refractivity contribution is 0.119. The Balaban J connectivity index is 1.66. The molecule has 0 heterocycles. The summed E-state index contributed by atoms with van der Waals surface area (Å²) in [7, 11) is -3.21. The zero-order chi connectivity index (χ0) is 21.6. The fourth-order valence-corrected chi connectivity index (χ4v) is 4.31. The summed E-state index contributed by atoms with van der Waals surface area (Å²) >= 11 is 0. The number of aliphatic imine (C=N–C) groups is 1. The highest BCUT2D eigenvalue weighted by molar-refractivity contribution is 7.90. The summed E-state index contributed by atoms with van der Waals surface area (Å²) in [5.41, 5.74) is 2.81. The van der Waals surface area contributed by atoms with Gasteiger partial charge in [-0.1, -0.05) is 30.3 Å². The van der Waals surface area contributed by atoms with Crippen LogP contribution in [-0.2, 0) is 22.9 Å². The van der Waals surface area contributed by atoms with Crippen molar-refractivity contribution in [2.75, 3.05) is 12.8 Å². The van der Waals surface area contributed by atoms with E-state index in [4.69, 9.17) is 4.74 Å². The molecule has 0 saturated heterocycles. The minimum atomic E-state index is -3.21. The van der Waals surface area contributed by atoms with E-state index in [9.17, 15) is 8.42 Å². The number of ether oxygens (including phenoxy) is 1. The van der Waals surface area contributed by atoms with Crippen molar-refractivity contribution in [2.24, 2.45) is 4.99 Å². The van der Waals surface area contributed by atoms with Crippen LogP contribution >= 0.6 is 0 Å². The first kappa shape index (κ1) is 22.2. The summed E-state index contributed by atoms with van der Waals surface area (Å²) in [6, 6.07) is 13.5. The zero-order valence-electron chi connectivity index (χ0n) is 17.9. The van der Waals surface area contributed by atoms with Gasteiger partial charge in [0.2, 0.25) is 0 Å². The van der Waals surface area contributed by atoms with Gasteiger partial charge in [-0.2, -0.15) is 0 Å². The van der Waals surface area contributed by atoms with Gasteiger partial charge in [0.05, 0.1) is 17.5 Å². The lowest BCUT2D eigenvalue weighted by Crippen LogP contribution is -2.37. The Hall–Kier alpha value is -2.54. The molecule has 1 aliphatic carbocycles. The number of nitrogens with one attached hydrogen (secondary N) is 2. The standard InChI is InChI=1S/C23H31N3O3S/c1-4-24-23(25-15-18-12-13-22(17(2)14-18)30(3,27)28)26-16-19-8-5-6-11-21(19)29-20-9-7-10-20/h5-6,8,11-14,20H,4,7,9-10,15-16H2,1-3H3,(H2,24,25,26). The van der Waals surface area contributed by atoms with Gasteiger partial charge in [-0.25, -0.2) is 13.4 Å². The molecule has 1 saturated carbocycles. The zero-order valence-corrected chi connectivity index (χ0v) is 18.8. The van der Waals surface area contributed by atoms with Crippen LogP contribution < -0.4 is 15.4 Å². The summed E-state index contributed by atoms with van der Waals surface area (Å²) in [5, 5.41) is 6.63. The van der Waals surface area contributed by atoms with E-state index in [2.05, 4.69) is 21.7 Å². The van der Waals surface area contributed by atoms with Crippen LogP contribution in [0.5, 0.6) is 5.75 Å². The Labute approximate surface area is 179 Å². The van der Waals surface area contributed by atoms with Gasteiger partial charge in [0.1, 0.15) is 5.75 Å². The first-order chi connectivity index (χ1) is 14.4. The molecular formula is C23H31N3O3S. The average molecular weight is 430 g/mol. The van der Waals surface area contributed by atoms with E-state index in [1.807, 2.05) is 44.2 Å². The SMILES string of the molecule is CCNC(=NCc1ccc(S(C)(=O)=O)c(C)c1)NCc1ccccc1OC1CCC1. The number of hydrogen-bond donors (Lipinski definition) is 2. The first-order valence-electron chi connectivity index (χ1n) is 10.4. The van der Waals surface area contributed by atoms with Crippen molar-refractivity contribution >= 4 is 15.8 Å². The van der Waals surface area contributed by atoms with Gasteiger partial charge in [0.25, 0.3) is 0 Å². The number of sulfone groups is 1. The molecular weight excluding hydrogens is 398 g/mol. The van der Waals surface area contributed by atoms with Crippen molar-refractivity contribution < 1.29 is 13.2 Å². The third kappa shape index (κ3) is 5.98. The highest BCUT2D eigenvalue weighted by Gasteiger charge is 2.20. The van der Waals surface area contributed by atoms with Crippen LogP contribution in [0.15, 0.2) is 52.4 Å². The van der Waals surface area contributed by atoms with Gasteiger partial charge < -0.3 is 15.4 Å². The Morgan fingerprint density at radius 2 is 1.93 bits per heavy atom. The summed E-state index contributed by atoms with van der Waals surface area (Å²) in [5.74, 6) is 1.64. The van der Waals surface area contributed by atoms with Crippen molar-refractivity contribution in [1.29, 1.82) is 0 Å². The molecule has 0 atom stereocenters. The maximum Gasteiger partial charge on any atom is 0.191 e. The summed E-state index contributed by atoms with van der Waals surface area (Å²) in [6.45, 7) is 5.65. The molecule has 2 aromatic rings. The molecule has 7 heteroatoms. The van der Waals surface area contributed by atoms with E-state index in [-0.39, 0.29) is 0 Å². The van der Waals surface area contributed by atoms with E-state index in [0.717, 1.165) is 41.8 Å². The van der Waals surface area contributed by atoms with Crippen LogP contribution in [0.2, 0.25) is 0 Å². The Morgan fingerprint density at radius 1 is 1.17 bits per heavy atom. The van der Waals surface area contributed by atoms with Crippen molar-refractivity contribution in [3.05, 3.63) is 59.2 Å². The molecule has 6 nitrogen and oxygen atoms in total. The average Bonchev–Trinajstić information content (AvgIpc) is 2.66. The third-order valence-corrected chi connectivity index (χ3v) is 6.42. The summed E-state index contributed by atoms with van der Waals surface area (Å²) < 4.78 is 29.7. The summed E-state index contributed by atoms with van der Waals surface area (Å²) in [6.07, 6.45) is 5.07. The Bertz CT molecular complexity index is 999. The fraction of sp³-hybridized carbons (Fsp3) is 0.435. The number of rotatable bonds is 8. The van der Waals surface area contributed by atoms with Crippen molar-refractivity contribution in [3.8, 4) is 5.75 Å². The number of benzene rings is 2. The topological polar surface area (TPSA) is 79.8 Å². The molecule has 0 bridgehead atoms. The molecule has 30 heavy (non-hydrogen) atoms. The van der Waals surface area contributed by atoms with E-state index >= 15 is 0 Å². The summed E-state index contributed by atoms with van der Waals surface area (Å²) in [4.78, 5) is 5.02. The Kier molecular flexibility index (Phi) is 7.37. The van der Waals surface area contributed by atoms with E-state index in [1.54, 1.807) is 6.07 Å². The second-order valence-corrected chi connectivity index (χ2v) is 9.68. The second kappa shape index (κ2) is 9.98. The maximum absolute atomic E-state index is 11.8. The maximum atomic E-state index is 11.8. The van der Waals surface area contributed by atoms with Crippen molar-refractivity contribution in [1.82, 2.24) is 10.6 Å². The molecule has 162 valence electrons. The van der Waals surface area contributed by atoms with Crippen molar-refractivity contribution in [3.63, 3.8) is 0 Å². The minimum Gasteiger partial charge on any atom is -0.490 e. The largest absolute Gasteiger partial charge is 0.490 e. The molecule has 2 aromatic carbocycles. The van der Waals surface area contributed by atoms with Crippen LogP contribution in [0.25, 0.3) is 0 Å². The van der Waals surface area contributed by atoms with Crippen LogP contribution in [0.4, 0.5) is 0 Å². The Morgan fingerprint density at radius 3 is 2.57 bits per heavy atom. The fourth-order valence-electron chi connectivity index (χ4n) is 3.35. The van der Waals surface area contributed by atoms with E-state index in [1.165, 1.54) is 12.7 Å². The molecule has 2 N–H and O–H groups in total. The predicted molar refractivity (Wildman–Crippen MR) is 121 cm³/mol. The van der Waals surface area contributed by atoms with Crippen LogP contribution in [0.3, 0.4) is 0 Å². The number of nitrogens with zero attached hydrogens (tertiary/aromatic N) is 1. The lowest BCUT2D eigenvalue weighted by Gasteiger charge is -2.27. The molecule has 0 radical (unpaired) electrons. The monoisotopic (exact) mass is 429 g/mol. The molecule has 3 rings (SSSR count). The number of hydrogen-bond acceptors (Lipinski definition) is 4. The smallest absolute Gasteiger partial charge is 0.191 e. The van der Waals surface area contributed by atoms with Crippen LogP contribution in [0.1, 0.15) is 42.9 Å². The molecule has 1 aliphatic rings. The van der Waals surface area contributed by atoms with Gasteiger partial charge in [-0.15, -0.1) is 0 Å². The van der Waals surface area contributed by atoms with E-state index in [0.29, 0.717) is 30.0 Å². The number of guanidine groups is 1. The van der Waals surface area contributed by atoms with Gasteiger partial charge in [0.15, 0.2) is 15.8 Å². The normalized spacial score (nSPS) is 14.8. The van der Waals surface area contributed by atoms with Gasteiger partial charge in [-0.05, 0) is 56.4 Å². The highest BCUT2D eigenvalue weighted by Crippen LogP contribution is 2.27. The van der Waals surface area contributed by atoms with Gasteiger partial charge in [0, 0.05) is 24.9 Å². The first-order valence-corrected chi connectivity index (χ1v) is 12.3. The molecule has 1 fully saturated rings. The lowest BCUT2D eigenvalue weighted by atomic mass is 9.96. The molecule has 0 aliphatic heterocycles. The van der Waals surface area contributed by atoms with Gasteiger partial charge >= 0.3 is 0 Å². The highest BCUT2D eigenvalue weighted by atomic mass is 32.2.